The van der Waals surface area contributed by atoms with Gasteiger partial charge in [0.25, 0.3) is 0 Å². The van der Waals surface area contributed by atoms with Gasteiger partial charge in [-0.25, -0.2) is 0 Å². The number of allylic oxidation sites excluding steroid dienone is 1. The van der Waals surface area contributed by atoms with Gasteiger partial charge in [-0.05, 0) is 18.1 Å². The Kier molecular flexibility index (Phi) is 2.69. The zero-order valence-electron chi connectivity index (χ0n) is 10.2. The molecule has 1 aromatic heterocycles. The predicted molar refractivity (Wildman–Crippen MR) is 75.3 cm³/mol. The first kappa shape index (κ1) is 10.8. The lowest BCUT2D eigenvalue weighted by Gasteiger charge is -2.08. The smallest absolute Gasteiger partial charge is 0.0728 e. The van der Waals surface area contributed by atoms with Crippen LogP contribution in [0.2, 0.25) is 0 Å². The molecule has 0 bridgehead atoms. The Morgan fingerprint density at radius 2 is 1.89 bits per heavy atom. The van der Waals surface area contributed by atoms with Crippen LogP contribution in [0.1, 0.15) is 18.1 Å². The van der Waals surface area contributed by atoms with Gasteiger partial charge in [0.2, 0.25) is 0 Å². The molecule has 0 atom stereocenters. The Bertz CT molecular complexity index is 693. The largest absolute Gasteiger partial charge is 0.277 e. The van der Waals surface area contributed by atoms with Crippen molar-refractivity contribution in [2.75, 3.05) is 0 Å². The first-order valence-corrected chi connectivity index (χ1v) is 6.04. The molecular weight excluding hydrogens is 220 g/mol. The van der Waals surface area contributed by atoms with E-state index in [1.54, 1.807) is 0 Å². The Morgan fingerprint density at radius 3 is 2.67 bits per heavy atom. The molecule has 0 aliphatic heterocycles. The number of rotatable bonds is 2. The van der Waals surface area contributed by atoms with Crippen molar-refractivity contribution < 1.29 is 0 Å². The van der Waals surface area contributed by atoms with E-state index in [2.05, 4.69) is 65.7 Å². The summed E-state index contributed by atoms with van der Waals surface area (Å²) >= 11 is 0. The van der Waals surface area contributed by atoms with Gasteiger partial charge in [-0.15, -0.1) is 0 Å². The van der Waals surface area contributed by atoms with Crippen LogP contribution in [0.5, 0.6) is 0 Å². The summed E-state index contributed by atoms with van der Waals surface area (Å²) in [5.74, 6) is 0. The van der Waals surface area contributed by atoms with Crippen molar-refractivity contribution in [3.63, 3.8) is 0 Å². The maximum Gasteiger partial charge on any atom is 0.0728 e. The predicted octanol–water partition coefficient (Wildman–Crippen LogP) is 4.01. The van der Waals surface area contributed by atoms with Gasteiger partial charge in [0.1, 0.15) is 0 Å². The van der Waals surface area contributed by atoms with Gasteiger partial charge in [-0.1, -0.05) is 54.6 Å². The van der Waals surface area contributed by atoms with Crippen LogP contribution in [0.3, 0.4) is 0 Å². The maximum absolute atomic E-state index is 4.12. The van der Waals surface area contributed by atoms with Crippen molar-refractivity contribution in [2.24, 2.45) is 0 Å². The fraction of sp³-hybridized carbons (Fsp3) is 0.0625. The van der Waals surface area contributed by atoms with Gasteiger partial charge in [-0.3, -0.25) is 5.10 Å². The van der Waals surface area contributed by atoms with Crippen LogP contribution in [0.25, 0.3) is 16.5 Å². The molecule has 88 valence electrons. The summed E-state index contributed by atoms with van der Waals surface area (Å²) in [5, 5.41) is 8.34. The van der Waals surface area contributed by atoms with Gasteiger partial charge in [0.15, 0.2) is 0 Å². The summed E-state index contributed by atoms with van der Waals surface area (Å²) in [6.45, 7) is 2.07. The summed E-state index contributed by atoms with van der Waals surface area (Å²) in [5.41, 5.74) is 4.74. The second kappa shape index (κ2) is 4.49. The van der Waals surface area contributed by atoms with E-state index in [1.165, 1.54) is 16.7 Å². The number of hydrogen-bond acceptors (Lipinski definition) is 1. The summed E-state index contributed by atoms with van der Waals surface area (Å²) in [7, 11) is 0. The van der Waals surface area contributed by atoms with Crippen LogP contribution in [0, 0.1) is 0 Å². The molecule has 0 radical (unpaired) electrons. The zero-order valence-corrected chi connectivity index (χ0v) is 10.2. The number of aromatic amines is 1. The molecular formula is C16H14N2. The van der Waals surface area contributed by atoms with E-state index < -0.39 is 0 Å². The number of benzene rings is 2. The van der Waals surface area contributed by atoms with Crippen LogP contribution in [0.15, 0.2) is 60.8 Å². The number of aromatic nitrogens is 2. The summed E-state index contributed by atoms with van der Waals surface area (Å²) in [4.78, 5) is 0. The van der Waals surface area contributed by atoms with Crippen molar-refractivity contribution >= 4 is 16.5 Å². The highest BCUT2D eigenvalue weighted by Gasteiger charge is 2.08. The highest BCUT2D eigenvalue weighted by molar-refractivity contribution is 5.95. The monoisotopic (exact) mass is 234 g/mol. The lowest BCUT2D eigenvalue weighted by molar-refractivity contribution is 1.12. The molecule has 0 aliphatic rings. The van der Waals surface area contributed by atoms with E-state index >= 15 is 0 Å². The molecule has 0 aliphatic carbocycles. The van der Waals surface area contributed by atoms with Gasteiger partial charge >= 0.3 is 0 Å². The Morgan fingerprint density at radius 1 is 1.06 bits per heavy atom. The highest BCUT2D eigenvalue weighted by Crippen LogP contribution is 2.28. The number of nitrogens with one attached hydrogen (secondary N) is 1. The van der Waals surface area contributed by atoms with E-state index in [-0.39, 0.29) is 0 Å². The summed E-state index contributed by atoms with van der Waals surface area (Å²) in [6.07, 6.45) is 4.00. The van der Waals surface area contributed by atoms with Gasteiger partial charge in [0.05, 0.1) is 11.7 Å². The van der Waals surface area contributed by atoms with Crippen LogP contribution in [-0.4, -0.2) is 10.2 Å². The minimum atomic E-state index is 1.09. The molecule has 1 N–H and O–H groups in total. The third-order valence-corrected chi connectivity index (χ3v) is 3.14. The van der Waals surface area contributed by atoms with E-state index in [1.807, 2.05) is 12.3 Å². The van der Waals surface area contributed by atoms with Crippen LogP contribution < -0.4 is 0 Å². The highest BCUT2D eigenvalue weighted by atomic mass is 15.1. The number of hydrogen-bond donors (Lipinski definition) is 1. The summed E-state index contributed by atoms with van der Waals surface area (Å²) < 4.78 is 0. The topological polar surface area (TPSA) is 28.7 Å². The molecule has 18 heavy (non-hydrogen) atoms. The van der Waals surface area contributed by atoms with Gasteiger partial charge in [0, 0.05) is 10.9 Å². The molecule has 2 nitrogen and oxygen atoms in total. The molecule has 2 heteroatoms. The fourth-order valence-corrected chi connectivity index (χ4v) is 2.29. The molecule has 2 aromatic carbocycles. The van der Waals surface area contributed by atoms with Crippen molar-refractivity contribution in [1.29, 1.82) is 0 Å². The minimum Gasteiger partial charge on any atom is -0.277 e. The Labute approximate surface area is 106 Å². The van der Waals surface area contributed by atoms with Gasteiger partial charge in [-0.2, -0.15) is 5.10 Å². The van der Waals surface area contributed by atoms with Crippen LogP contribution >= 0.6 is 0 Å². The van der Waals surface area contributed by atoms with E-state index in [0.717, 1.165) is 10.9 Å². The molecule has 3 aromatic rings. The zero-order chi connectivity index (χ0) is 12.4. The maximum atomic E-state index is 4.12. The van der Waals surface area contributed by atoms with E-state index in [0.29, 0.717) is 0 Å². The number of fused-ring (bicyclic) bond motifs is 1. The molecule has 1 heterocycles. The minimum absolute atomic E-state index is 1.09. The summed E-state index contributed by atoms with van der Waals surface area (Å²) in [6, 6.07) is 16.7. The second-order valence-corrected chi connectivity index (χ2v) is 4.21. The fourth-order valence-electron chi connectivity index (χ4n) is 2.29. The first-order valence-electron chi connectivity index (χ1n) is 6.04. The molecule has 0 saturated heterocycles. The lowest BCUT2D eigenvalue weighted by Crippen LogP contribution is -1.89. The van der Waals surface area contributed by atoms with Crippen molar-refractivity contribution in [3.8, 4) is 0 Å². The third-order valence-electron chi connectivity index (χ3n) is 3.14. The average Bonchev–Trinajstić information content (AvgIpc) is 2.90. The van der Waals surface area contributed by atoms with Crippen molar-refractivity contribution in [2.45, 2.75) is 6.92 Å². The first-order chi connectivity index (χ1) is 8.90. The van der Waals surface area contributed by atoms with Crippen molar-refractivity contribution in [1.82, 2.24) is 10.2 Å². The second-order valence-electron chi connectivity index (χ2n) is 4.21. The SMILES string of the molecule is C/C=C(/c1ccccc1)c1cccc2cn[nH]c12. The lowest BCUT2D eigenvalue weighted by atomic mass is 9.96. The normalized spacial score (nSPS) is 11.9. The van der Waals surface area contributed by atoms with Crippen LogP contribution in [-0.2, 0) is 0 Å². The van der Waals surface area contributed by atoms with Gasteiger partial charge < -0.3 is 0 Å². The number of para-hydroxylation sites is 1. The standard InChI is InChI=1S/C16H14N2/c1-2-14(12-7-4-3-5-8-12)15-10-6-9-13-11-17-18-16(13)15/h2-11H,1H3,(H,17,18)/b14-2-. The molecule has 0 saturated carbocycles. The van der Waals surface area contributed by atoms with Crippen LogP contribution in [0.4, 0.5) is 0 Å². The molecule has 0 unspecified atom stereocenters. The van der Waals surface area contributed by atoms with E-state index in [9.17, 15) is 0 Å². The average molecular weight is 234 g/mol. The Balaban J connectivity index is 2.22. The quantitative estimate of drug-likeness (QED) is 0.713. The van der Waals surface area contributed by atoms with E-state index in [4.69, 9.17) is 0 Å². The molecule has 0 spiro atoms. The molecule has 3 rings (SSSR count). The Hall–Kier alpha value is -2.35. The third kappa shape index (κ3) is 1.72. The molecule has 0 amide bonds. The number of nitrogens with zero attached hydrogens (tertiary/aromatic N) is 1. The number of H-pyrrole nitrogens is 1. The van der Waals surface area contributed by atoms with Crippen molar-refractivity contribution in [3.05, 3.63) is 71.9 Å². The molecule has 0 fully saturated rings.